The van der Waals surface area contributed by atoms with Gasteiger partial charge in [-0.05, 0) is 30.3 Å². The Bertz CT molecular complexity index is 669. The summed E-state index contributed by atoms with van der Waals surface area (Å²) in [7, 11) is 0. The molecule has 23 heavy (non-hydrogen) atoms. The Labute approximate surface area is 135 Å². The fraction of sp³-hybridized carbons (Fsp3) is 0.222. The van der Waals surface area contributed by atoms with Crippen molar-refractivity contribution < 1.29 is 14.3 Å². The number of ether oxygens (including phenoxy) is 1. The molecule has 5 nitrogen and oxygen atoms in total. The molecule has 2 rings (SSSR count). The predicted octanol–water partition coefficient (Wildman–Crippen LogP) is 3.30. The fourth-order valence-electron chi connectivity index (χ4n) is 1.82. The van der Waals surface area contributed by atoms with Crippen LogP contribution >= 0.6 is 0 Å². The number of hydrogen-bond acceptors (Lipinski definition) is 3. The Morgan fingerprint density at radius 1 is 0.957 bits per heavy atom. The van der Waals surface area contributed by atoms with Crippen molar-refractivity contribution in [2.24, 2.45) is 5.92 Å². The summed E-state index contributed by atoms with van der Waals surface area (Å²) in [4.78, 5) is 23.6. The Balaban J connectivity index is 1.89. The maximum absolute atomic E-state index is 11.9. The number of anilines is 2. The van der Waals surface area contributed by atoms with Crippen LogP contribution in [0.15, 0.2) is 54.6 Å². The van der Waals surface area contributed by atoms with Crippen LogP contribution in [-0.4, -0.2) is 18.4 Å². The molecule has 0 heterocycles. The van der Waals surface area contributed by atoms with Gasteiger partial charge in [-0.25, -0.2) is 0 Å². The SMILES string of the molecule is CC(C)C(=O)Nc1cccc(NC(=O)COc2ccccc2)c1. The quantitative estimate of drug-likeness (QED) is 0.860. The van der Waals surface area contributed by atoms with Crippen molar-refractivity contribution in [2.75, 3.05) is 17.2 Å². The molecule has 5 heteroatoms. The second-order valence-corrected chi connectivity index (χ2v) is 5.37. The molecular formula is C18H20N2O3. The Kier molecular flexibility index (Phi) is 5.74. The highest BCUT2D eigenvalue weighted by Crippen LogP contribution is 2.16. The zero-order chi connectivity index (χ0) is 16.7. The van der Waals surface area contributed by atoms with Crippen molar-refractivity contribution in [2.45, 2.75) is 13.8 Å². The van der Waals surface area contributed by atoms with Gasteiger partial charge in [0.15, 0.2) is 6.61 Å². The lowest BCUT2D eigenvalue weighted by molar-refractivity contribution is -0.119. The number of para-hydroxylation sites is 1. The van der Waals surface area contributed by atoms with Crippen LogP contribution in [-0.2, 0) is 9.59 Å². The minimum Gasteiger partial charge on any atom is -0.484 e. The standard InChI is InChI=1S/C18H20N2O3/c1-13(2)18(22)20-15-8-6-7-14(11-15)19-17(21)12-23-16-9-4-3-5-10-16/h3-11,13H,12H2,1-2H3,(H,19,21)(H,20,22). The van der Waals surface area contributed by atoms with E-state index in [9.17, 15) is 9.59 Å². The van der Waals surface area contributed by atoms with Crippen LogP contribution in [0.5, 0.6) is 5.75 Å². The molecule has 0 aromatic heterocycles. The first-order valence-electron chi connectivity index (χ1n) is 7.43. The molecule has 2 aromatic rings. The number of carbonyl (C=O) groups excluding carboxylic acids is 2. The van der Waals surface area contributed by atoms with Gasteiger partial charge < -0.3 is 15.4 Å². The van der Waals surface area contributed by atoms with Crippen molar-refractivity contribution >= 4 is 23.2 Å². The van der Waals surface area contributed by atoms with Gasteiger partial charge in [0.05, 0.1) is 0 Å². The number of carbonyl (C=O) groups is 2. The van der Waals surface area contributed by atoms with Gasteiger partial charge in [0.25, 0.3) is 5.91 Å². The van der Waals surface area contributed by atoms with Gasteiger partial charge >= 0.3 is 0 Å². The molecule has 0 aliphatic rings. The number of nitrogens with one attached hydrogen (secondary N) is 2. The van der Waals surface area contributed by atoms with Gasteiger partial charge in [-0.15, -0.1) is 0 Å². The maximum atomic E-state index is 11.9. The van der Waals surface area contributed by atoms with E-state index in [0.29, 0.717) is 17.1 Å². The van der Waals surface area contributed by atoms with E-state index < -0.39 is 0 Å². The minimum atomic E-state index is -0.263. The molecule has 0 saturated carbocycles. The summed E-state index contributed by atoms with van der Waals surface area (Å²) < 4.78 is 5.38. The van der Waals surface area contributed by atoms with Crippen molar-refractivity contribution in [3.63, 3.8) is 0 Å². The van der Waals surface area contributed by atoms with E-state index in [0.717, 1.165) is 0 Å². The van der Waals surface area contributed by atoms with Crippen LogP contribution in [0.4, 0.5) is 11.4 Å². The van der Waals surface area contributed by atoms with Crippen LogP contribution in [0.2, 0.25) is 0 Å². The van der Waals surface area contributed by atoms with E-state index in [1.807, 2.05) is 32.0 Å². The van der Waals surface area contributed by atoms with Crippen LogP contribution in [0.1, 0.15) is 13.8 Å². The van der Waals surface area contributed by atoms with Gasteiger partial charge in [0.2, 0.25) is 5.91 Å². The van der Waals surface area contributed by atoms with Crippen LogP contribution in [0.25, 0.3) is 0 Å². The molecule has 0 radical (unpaired) electrons. The maximum Gasteiger partial charge on any atom is 0.262 e. The van der Waals surface area contributed by atoms with E-state index in [4.69, 9.17) is 4.74 Å². The average molecular weight is 312 g/mol. The monoisotopic (exact) mass is 312 g/mol. The highest BCUT2D eigenvalue weighted by atomic mass is 16.5. The number of amides is 2. The van der Waals surface area contributed by atoms with Crippen molar-refractivity contribution in [1.29, 1.82) is 0 Å². The Hall–Kier alpha value is -2.82. The van der Waals surface area contributed by atoms with Crippen molar-refractivity contribution in [1.82, 2.24) is 0 Å². The molecule has 0 aliphatic heterocycles. The zero-order valence-corrected chi connectivity index (χ0v) is 13.2. The third kappa shape index (κ3) is 5.47. The summed E-state index contributed by atoms with van der Waals surface area (Å²) in [5.74, 6) is 0.204. The second kappa shape index (κ2) is 7.98. The third-order valence-electron chi connectivity index (χ3n) is 3.05. The smallest absolute Gasteiger partial charge is 0.262 e. The first-order valence-corrected chi connectivity index (χ1v) is 7.43. The summed E-state index contributed by atoms with van der Waals surface area (Å²) in [5.41, 5.74) is 1.25. The molecule has 120 valence electrons. The van der Waals surface area contributed by atoms with E-state index >= 15 is 0 Å². The molecule has 0 bridgehead atoms. The fourth-order valence-corrected chi connectivity index (χ4v) is 1.82. The molecule has 0 fully saturated rings. The molecule has 2 N–H and O–H groups in total. The summed E-state index contributed by atoms with van der Waals surface area (Å²) >= 11 is 0. The van der Waals surface area contributed by atoms with E-state index in [-0.39, 0.29) is 24.3 Å². The third-order valence-corrected chi connectivity index (χ3v) is 3.05. The first-order chi connectivity index (χ1) is 11.0. The molecule has 0 spiro atoms. The Morgan fingerprint density at radius 3 is 2.26 bits per heavy atom. The highest BCUT2D eigenvalue weighted by molar-refractivity contribution is 5.95. The molecule has 0 unspecified atom stereocenters. The topological polar surface area (TPSA) is 67.4 Å². The van der Waals surface area contributed by atoms with Crippen LogP contribution in [0, 0.1) is 5.92 Å². The molecule has 2 aromatic carbocycles. The number of hydrogen-bond donors (Lipinski definition) is 2. The lowest BCUT2D eigenvalue weighted by Crippen LogP contribution is -2.20. The normalized spacial score (nSPS) is 10.2. The molecule has 0 aliphatic carbocycles. The average Bonchev–Trinajstić information content (AvgIpc) is 2.54. The van der Waals surface area contributed by atoms with E-state index in [1.165, 1.54) is 0 Å². The van der Waals surface area contributed by atoms with Gasteiger partial charge in [0, 0.05) is 17.3 Å². The summed E-state index contributed by atoms with van der Waals surface area (Å²) in [6, 6.07) is 16.1. The van der Waals surface area contributed by atoms with Crippen molar-refractivity contribution in [3.8, 4) is 5.75 Å². The zero-order valence-electron chi connectivity index (χ0n) is 13.2. The predicted molar refractivity (Wildman–Crippen MR) is 90.5 cm³/mol. The van der Waals surface area contributed by atoms with Crippen LogP contribution in [0.3, 0.4) is 0 Å². The molecule has 2 amide bonds. The first kappa shape index (κ1) is 16.5. The lowest BCUT2D eigenvalue weighted by atomic mass is 10.2. The summed E-state index contributed by atoms with van der Waals surface area (Å²) in [5, 5.41) is 5.53. The number of benzene rings is 2. The van der Waals surface area contributed by atoms with Gasteiger partial charge in [0.1, 0.15) is 5.75 Å². The van der Waals surface area contributed by atoms with E-state index in [1.54, 1.807) is 36.4 Å². The largest absolute Gasteiger partial charge is 0.484 e. The van der Waals surface area contributed by atoms with Gasteiger partial charge in [-0.3, -0.25) is 9.59 Å². The molecule has 0 saturated heterocycles. The number of rotatable bonds is 6. The highest BCUT2D eigenvalue weighted by Gasteiger charge is 2.08. The minimum absolute atomic E-state index is 0.0686. The Morgan fingerprint density at radius 2 is 1.61 bits per heavy atom. The van der Waals surface area contributed by atoms with E-state index in [2.05, 4.69) is 10.6 Å². The molecular weight excluding hydrogens is 292 g/mol. The van der Waals surface area contributed by atoms with Crippen LogP contribution < -0.4 is 15.4 Å². The summed E-state index contributed by atoms with van der Waals surface area (Å²) in [6.45, 7) is 3.57. The second-order valence-electron chi connectivity index (χ2n) is 5.37. The van der Waals surface area contributed by atoms with Gasteiger partial charge in [-0.2, -0.15) is 0 Å². The van der Waals surface area contributed by atoms with Crippen molar-refractivity contribution in [3.05, 3.63) is 54.6 Å². The van der Waals surface area contributed by atoms with Gasteiger partial charge in [-0.1, -0.05) is 38.1 Å². The molecule has 0 atom stereocenters. The summed E-state index contributed by atoms with van der Waals surface area (Å²) in [6.07, 6.45) is 0. The lowest BCUT2D eigenvalue weighted by Gasteiger charge is -2.10.